The highest BCUT2D eigenvalue weighted by atomic mass is 32.1. The van der Waals surface area contributed by atoms with Crippen LogP contribution in [-0.2, 0) is 6.54 Å². The second kappa shape index (κ2) is 10.4. The van der Waals surface area contributed by atoms with Gasteiger partial charge in [-0.05, 0) is 68.1 Å². The number of rotatable bonds is 8. The van der Waals surface area contributed by atoms with Gasteiger partial charge in [0.1, 0.15) is 0 Å². The minimum absolute atomic E-state index is 0.402. The molecule has 3 aromatic rings. The molecule has 7 heteroatoms. The molecule has 0 amide bonds. The number of hydrogen-bond donors (Lipinski definition) is 2. The lowest BCUT2D eigenvalue weighted by molar-refractivity contribution is 0.249. The summed E-state index contributed by atoms with van der Waals surface area (Å²) >= 11 is 1.84. The molecule has 1 aromatic carbocycles. The summed E-state index contributed by atoms with van der Waals surface area (Å²) in [5, 5.41) is 13.5. The Morgan fingerprint density at radius 1 is 1.17 bits per heavy atom. The van der Waals surface area contributed by atoms with Gasteiger partial charge >= 0.3 is 0 Å². The van der Waals surface area contributed by atoms with E-state index in [9.17, 15) is 0 Å². The average molecular weight is 423 g/mol. The molecule has 0 bridgehead atoms. The number of guanidine groups is 1. The third-order valence-electron chi connectivity index (χ3n) is 5.36. The number of thiophene rings is 1. The summed E-state index contributed by atoms with van der Waals surface area (Å²) in [7, 11) is 0. The lowest BCUT2D eigenvalue weighted by Crippen LogP contribution is -2.42. The molecular formula is C23H30N6S. The molecule has 4 rings (SSSR count). The Bertz CT molecular complexity index is 913. The third-order valence-corrected chi connectivity index (χ3v) is 6.33. The van der Waals surface area contributed by atoms with Crippen molar-refractivity contribution in [2.75, 3.05) is 26.2 Å². The van der Waals surface area contributed by atoms with Crippen molar-refractivity contribution in [3.63, 3.8) is 0 Å². The van der Waals surface area contributed by atoms with Gasteiger partial charge in [0.25, 0.3) is 0 Å². The second-order valence-electron chi connectivity index (χ2n) is 7.47. The van der Waals surface area contributed by atoms with Gasteiger partial charge < -0.3 is 10.6 Å². The Morgan fingerprint density at radius 3 is 2.80 bits per heavy atom. The van der Waals surface area contributed by atoms with Crippen LogP contribution in [0.25, 0.3) is 5.69 Å². The molecule has 1 unspecified atom stereocenters. The van der Waals surface area contributed by atoms with Crippen LogP contribution in [0.3, 0.4) is 0 Å². The standard InChI is InChI=1S/C23H30N6S/c1-2-24-23(25-17-19-8-5-9-20(16-19)29-14-7-11-27-29)26-18-21(22-10-6-15-30-22)28-12-3-4-13-28/h5-11,14-16,21H,2-4,12-13,17-18H2,1H3,(H2,24,25,26). The van der Waals surface area contributed by atoms with Crippen LogP contribution in [0.2, 0.25) is 0 Å². The van der Waals surface area contributed by atoms with E-state index in [1.807, 2.05) is 28.3 Å². The van der Waals surface area contributed by atoms with Gasteiger partial charge in [-0.15, -0.1) is 11.3 Å². The molecule has 1 atom stereocenters. The molecule has 0 saturated carbocycles. The molecule has 2 aromatic heterocycles. The van der Waals surface area contributed by atoms with E-state index in [0.717, 1.165) is 30.3 Å². The SMILES string of the molecule is CCNC(=NCc1cccc(-n2cccn2)c1)NCC(c1cccs1)N1CCCC1. The first-order valence-corrected chi connectivity index (χ1v) is 11.6. The number of nitrogens with zero attached hydrogens (tertiary/aromatic N) is 4. The molecule has 158 valence electrons. The fraction of sp³-hybridized carbons (Fsp3) is 0.391. The predicted molar refractivity (Wildman–Crippen MR) is 124 cm³/mol. The number of likely N-dealkylation sites (tertiary alicyclic amines) is 1. The molecule has 0 aliphatic carbocycles. The molecular weight excluding hydrogens is 392 g/mol. The van der Waals surface area contributed by atoms with Gasteiger partial charge in [-0.25, -0.2) is 9.67 Å². The van der Waals surface area contributed by atoms with Gasteiger partial charge in [-0.2, -0.15) is 5.10 Å². The highest BCUT2D eigenvalue weighted by Crippen LogP contribution is 2.27. The quantitative estimate of drug-likeness (QED) is 0.428. The number of aromatic nitrogens is 2. The van der Waals surface area contributed by atoms with E-state index >= 15 is 0 Å². The molecule has 2 N–H and O–H groups in total. The average Bonchev–Trinajstić information content (AvgIpc) is 3.56. The van der Waals surface area contributed by atoms with E-state index in [2.05, 4.69) is 69.3 Å². The van der Waals surface area contributed by atoms with E-state index in [1.54, 1.807) is 6.20 Å². The fourth-order valence-electron chi connectivity index (χ4n) is 3.87. The first-order valence-electron chi connectivity index (χ1n) is 10.7. The summed E-state index contributed by atoms with van der Waals surface area (Å²) < 4.78 is 1.87. The molecule has 0 radical (unpaired) electrons. The molecule has 1 saturated heterocycles. The minimum Gasteiger partial charge on any atom is -0.357 e. The molecule has 3 heterocycles. The highest BCUT2D eigenvalue weighted by molar-refractivity contribution is 7.10. The van der Waals surface area contributed by atoms with Crippen molar-refractivity contribution in [3.8, 4) is 5.69 Å². The van der Waals surface area contributed by atoms with Gasteiger partial charge in [0, 0.05) is 30.4 Å². The van der Waals surface area contributed by atoms with E-state index in [4.69, 9.17) is 4.99 Å². The highest BCUT2D eigenvalue weighted by Gasteiger charge is 2.24. The van der Waals surface area contributed by atoms with Gasteiger partial charge in [0.05, 0.1) is 18.3 Å². The number of benzene rings is 1. The fourth-order valence-corrected chi connectivity index (χ4v) is 4.73. The van der Waals surface area contributed by atoms with E-state index in [-0.39, 0.29) is 0 Å². The Balaban J connectivity index is 1.43. The first kappa shape index (κ1) is 20.6. The van der Waals surface area contributed by atoms with Gasteiger partial charge in [0.2, 0.25) is 0 Å². The smallest absolute Gasteiger partial charge is 0.191 e. The maximum atomic E-state index is 4.84. The van der Waals surface area contributed by atoms with Crippen LogP contribution in [-0.4, -0.2) is 46.8 Å². The Labute approximate surface area is 182 Å². The van der Waals surface area contributed by atoms with Crippen LogP contribution >= 0.6 is 11.3 Å². The molecule has 1 aliphatic rings. The minimum atomic E-state index is 0.402. The zero-order valence-corrected chi connectivity index (χ0v) is 18.3. The Kier molecular flexibility index (Phi) is 7.16. The summed E-state index contributed by atoms with van der Waals surface area (Å²) in [6, 6.07) is 15.1. The summed E-state index contributed by atoms with van der Waals surface area (Å²) in [4.78, 5) is 8.85. The third kappa shape index (κ3) is 5.29. The van der Waals surface area contributed by atoms with Crippen LogP contribution in [0.15, 0.2) is 65.2 Å². The van der Waals surface area contributed by atoms with Crippen molar-refractivity contribution in [2.45, 2.75) is 32.4 Å². The monoisotopic (exact) mass is 422 g/mol. The Morgan fingerprint density at radius 2 is 2.07 bits per heavy atom. The molecule has 6 nitrogen and oxygen atoms in total. The van der Waals surface area contributed by atoms with Crippen molar-refractivity contribution in [1.29, 1.82) is 0 Å². The lowest BCUT2D eigenvalue weighted by atomic mass is 10.2. The van der Waals surface area contributed by atoms with Crippen LogP contribution in [0.5, 0.6) is 0 Å². The number of hydrogen-bond acceptors (Lipinski definition) is 4. The van der Waals surface area contributed by atoms with Gasteiger partial charge in [-0.1, -0.05) is 18.2 Å². The Hall–Kier alpha value is -2.64. The summed E-state index contributed by atoms with van der Waals surface area (Å²) in [5.41, 5.74) is 2.21. The van der Waals surface area contributed by atoms with Crippen molar-refractivity contribution >= 4 is 17.3 Å². The molecule has 1 fully saturated rings. The van der Waals surface area contributed by atoms with Crippen molar-refractivity contribution in [3.05, 3.63) is 70.7 Å². The number of nitrogens with one attached hydrogen (secondary N) is 2. The van der Waals surface area contributed by atoms with Gasteiger partial charge in [0.15, 0.2) is 5.96 Å². The first-order chi connectivity index (χ1) is 14.8. The predicted octanol–water partition coefficient (Wildman–Crippen LogP) is 3.83. The van der Waals surface area contributed by atoms with Crippen LogP contribution < -0.4 is 10.6 Å². The second-order valence-corrected chi connectivity index (χ2v) is 8.45. The lowest BCUT2D eigenvalue weighted by Gasteiger charge is -2.27. The summed E-state index contributed by atoms with van der Waals surface area (Å²) in [6.45, 7) is 6.78. The maximum absolute atomic E-state index is 4.84. The van der Waals surface area contributed by atoms with Crippen molar-refractivity contribution < 1.29 is 0 Å². The van der Waals surface area contributed by atoms with E-state index in [0.29, 0.717) is 12.6 Å². The van der Waals surface area contributed by atoms with Crippen LogP contribution in [0, 0.1) is 0 Å². The van der Waals surface area contributed by atoms with Crippen molar-refractivity contribution in [1.82, 2.24) is 25.3 Å². The molecule has 30 heavy (non-hydrogen) atoms. The zero-order valence-electron chi connectivity index (χ0n) is 17.5. The van der Waals surface area contributed by atoms with Crippen LogP contribution in [0.4, 0.5) is 0 Å². The summed E-state index contributed by atoms with van der Waals surface area (Å²) in [5.74, 6) is 0.864. The maximum Gasteiger partial charge on any atom is 0.191 e. The van der Waals surface area contributed by atoms with Gasteiger partial charge in [-0.3, -0.25) is 4.90 Å². The molecule has 0 spiro atoms. The van der Waals surface area contributed by atoms with E-state index < -0.39 is 0 Å². The number of aliphatic imine (C=N–C) groups is 1. The molecule has 1 aliphatic heterocycles. The topological polar surface area (TPSA) is 57.5 Å². The zero-order chi connectivity index (χ0) is 20.6. The van der Waals surface area contributed by atoms with E-state index in [1.165, 1.54) is 30.8 Å². The summed E-state index contributed by atoms with van der Waals surface area (Å²) in [6.07, 6.45) is 6.34. The normalized spacial score (nSPS) is 16.0. The largest absolute Gasteiger partial charge is 0.357 e. The van der Waals surface area contributed by atoms with Crippen LogP contribution in [0.1, 0.15) is 36.2 Å². The van der Waals surface area contributed by atoms with Crippen molar-refractivity contribution in [2.24, 2.45) is 4.99 Å².